The van der Waals surface area contributed by atoms with Crippen molar-refractivity contribution in [3.8, 4) is 0 Å². The number of hydrogen-bond acceptors (Lipinski definition) is 7. The number of unbranched alkanes of at least 4 members (excludes halogenated alkanes) is 1. The highest BCUT2D eigenvalue weighted by atomic mass is 32.2. The molecule has 0 aromatic heterocycles. The molecular weight excluding hydrogens is 188 g/mol. The summed E-state index contributed by atoms with van der Waals surface area (Å²) in [5.74, 6) is -0.0708. The van der Waals surface area contributed by atoms with Crippen molar-refractivity contribution < 1.29 is 29.6 Å². The molecular formula is C5H10O6S. The van der Waals surface area contributed by atoms with Crippen LogP contribution in [0.15, 0.2) is 0 Å². The fourth-order valence-electron chi connectivity index (χ4n) is 0.532. The van der Waals surface area contributed by atoms with Crippen LogP contribution in [0.4, 0.5) is 0 Å². The van der Waals surface area contributed by atoms with Crippen LogP contribution in [0.3, 0.4) is 0 Å². The Labute approximate surface area is 73.4 Å². The second-order valence-electron chi connectivity index (χ2n) is 1.88. The minimum atomic E-state index is -0.653. The highest BCUT2D eigenvalue weighted by Crippen LogP contribution is 2.07. The molecule has 0 aliphatic heterocycles. The van der Waals surface area contributed by atoms with Crippen molar-refractivity contribution in [2.24, 2.45) is 0 Å². The van der Waals surface area contributed by atoms with Gasteiger partial charge in [-0.25, -0.2) is 10.1 Å². The van der Waals surface area contributed by atoms with Crippen LogP contribution in [0.1, 0.15) is 19.3 Å². The summed E-state index contributed by atoms with van der Waals surface area (Å²) in [5, 5.41) is 18.9. The molecule has 0 saturated heterocycles. The Balaban J connectivity index is 2.95. The van der Waals surface area contributed by atoms with E-state index in [1.165, 1.54) is 0 Å². The summed E-state index contributed by atoms with van der Waals surface area (Å²) in [7, 11) is 0. The number of hydrogen-bond donors (Lipinski definition) is 2. The summed E-state index contributed by atoms with van der Waals surface area (Å²) in [6, 6.07) is 0. The molecule has 0 fully saturated rings. The van der Waals surface area contributed by atoms with Crippen molar-refractivity contribution in [3.63, 3.8) is 0 Å². The molecule has 72 valence electrons. The highest BCUT2D eigenvalue weighted by molar-refractivity contribution is 7.94. The van der Waals surface area contributed by atoms with Gasteiger partial charge in [0.05, 0.1) is 0 Å². The van der Waals surface area contributed by atoms with E-state index in [0.29, 0.717) is 18.6 Å². The standard InChI is InChI=1S/C5H10O6S/c6-5(9-7)3-1-2-4-12-11-10-8/h7-8H,1-4H2. The smallest absolute Gasteiger partial charge is 0.301 e. The second-order valence-corrected chi connectivity index (χ2v) is 2.66. The van der Waals surface area contributed by atoms with Crippen molar-refractivity contribution in [1.82, 2.24) is 0 Å². The zero-order chi connectivity index (χ0) is 9.23. The summed E-state index contributed by atoms with van der Waals surface area (Å²) in [6.45, 7) is 0. The van der Waals surface area contributed by atoms with Gasteiger partial charge in [0.15, 0.2) is 0 Å². The van der Waals surface area contributed by atoms with Crippen LogP contribution in [0.25, 0.3) is 0 Å². The summed E-state index contributed by atoms with van der Waals surface area (Å²) in [5.41, 5.74) is 0. The molecule has 0 aliphatic carbocycles. The lowest BCUT2D eigenvalue weighted by Gasteiger charge is -1.96. The molecule has 0 aromatic carbocycles. The number of carbonyl (C=O) groups is 1. The lowest BCUT2D eigenvalue weighted by atomic mass is 10.2. The summed E-state index contributed by atoms with van der Waals surface area (Å²) in [4.78, 5) is 13.8. The monoisotopic (exact) mass is 198 g/mol. The van der Waals surface area contributed by atoms with E-state index >= 15 is 0 Å². The first kappa shape index (κ1) is 11.7. The molecule has 0 saturated carbocycles. The molecule has 0 unspecified atom stereocenters. The van der Waals surface area contributed by atoms with Crippen molar-refractivity contribution in [3.05, 3.63) is 0 Å². The van der Waals surface area contributed by atoms with Gasteiger partial charge in [-0.1, -0.05) is 5.04 Å². The largest absolute Gasteiger partial charge is 0.342 e. The van der Waals surface area contributed by atoms with Gasteiger partial charge < -0.3 is 4.89 Å². The third-order valence-electron chi connectivity index (χ3n) is 1.04. The van der Waals surface area contributed by atoms with Gasteiger partial charge in [-0.05, 0) is 12.8 Å². The maximum absolute atomic E-state index is 10.3. The first-order chi connectivity index (χ1) is 5.81. The topological polar surface area (TPSA) is 85.2 Å². The maximum Gasteiger partial charge on any atom is 0.342 e. The van der Waals surface area contributed by atoms with Crippen molar-refractivity contribution >= 4 is 18.0 Å². The van der Waals surface area contributed by atoms with Gasteiger partial charge >= 0.3 is 5.97 Å². The summed E-state index contributed by atoms with van der Waals surface area (Å²) >= 11 is 0.926. The van der Waals surface area contributed by atoms with E-state index in [4.69, 9.17) is 10.5 Å². The fourth-order valence-corrected chi connectivity index (χ4v) is 0.965. The predicted octanol–water partition coefficient (Wildman–Crippen LogP) is 1.24. The van der Waals surface area contributed by atoms with Crippen molar-refractivity contribution in [2.75, 3.05) is 5.75 Å². The average Bonchev–Trinajstić information content (AvgIpc) is 2.10. The van der Waals surface area contributed by atoms with Gasteiger partial charge in [0.1, 0.15) is 0 Å². The van der Waals surface area contributed by atoms with Crippen LogP contribution in [0.2, 0.25) is 0 Å². The molecule has 6 nitrogen and oxygen atoms in total. The van der Waals surface area contributed by atoms with Crippen LogP contribution < -0.4 is 0 Å². The van der Waals surface area contributed by atoms with Crippen molar-refractivity contribution in [2.45, 2.75) is 19.3 Å². The maximum atomic E-state index is 10.3. The molecule has 0 bridgehead atoms. The van der Waals surface area contributed by atoms with E-state index in [2.05, 4.69) is 14.3 Å². The minimum Gasteiger partial charge on any atom is -0.301 e. The van der Waals surface area contributed by atoms with Gasteiger partial charge in [0.25, 0.3) is 0 Å². The molecule has 0 atom stereocenters. The molecule has 2 N–H and O–H groups in total. The van der Waals surface area contributed by atoms with E-state index in [1.807, 2.05) is 0 Å². The van der Waals surface area contributed by atoms with Crippen LogP contribution in [0, 0.1) is 0 Å². The quantitative estimate of drug-likeness (QED) is 0.275. The lowest BCUT2D eigenvalue weighted by molar-refractivity contribution is -0.432. The van der Waals surface area contributed by atoms with Gasteiger partial charge in [0, 0.05) is 24.2 Å². The third-order valence-corrected chi connectivity index (χ3v) is 1.65. The van der Waals surface area contributed by atoms with E-state index in [9.17, 15) is 4.79 Å². The van der Waals surface area contributed by atoms with E-state index in [-0.39, 0.29) is 6.42 Å². The van der Waals surface area contributed by atoms with E-state index < -0.39 is 5.97 Å². The zero-order valence-electron chi connectivity index (χ0n) is 6.26. The molecule has 0 aromatic rings. The van der Waals surface area contributed by atoms with Crippen LogP contribution in [0.5, 0.6) is 0 Å². The first-order valence-corrected chi connectivity index (χ1v) is 4.16. The predicted molar refractivity (Wildman–Crippen MR) is 39.8 cm³/mol. The van der Waals surface area contributed by atoms with Gasteiger partial charge in [0.2, 0.25) is 0 Å². The van der Waals surface area contributed by atoms with Gasteiger partial charge in [-0.3, -0.25) is 0 Å². The molecule has 7 heteroatoms. The second kappa shape index (κ2) is 8.75. The Bertz CT molecular complexity index is 119. The van der Waals surface area contributed by atoms with Gasteiger partial charge in [-0.2, -0.15) is 5.26 Å². The van der Waals surface area contributed by atoms with Crippen LogP contribution in [-0.4, -0.2) is 22.2 Å². The Hall–Kier alpha value is -0.340. The van der Waals surface area contributed by atoms with Crippen LogP contribution in [-0.2, 0) is 19.1 Å². The first-order valence-electron chi connectivity index (χ1n) is 3.25. The molecule has 12 heavy (non-hydrogen) atoms. The third kappa shape index (κ3) is 7.76. The van der Waals surface area contributed by atoms with Crippen LogP contribution >= 0.6 is 12.0 Å². The Morgan fingerprint density at radius 1 is 1.33 bits per heavy atom. The molecule has 0 radical (unpaired) electrons. The normalized spacial score (nSPS) is 9.83. The number of carbonyl (C=O) groups excluding carboxylic acids is 1. The molecule has 0 spiro atoms. The molecule has 0 amide bonds. The fraction of sp³-hybridized carbons (Fsp3) is 0.800. The zero-order valence-corrected chi connectivity index (χ0v) is 7.08. The Morgan fingerprint density at radius 3 is 2.67 bits per heavy atom. The van der Waals surface area contributed by atoms with E-state index in [0.717, 1.165) is 12.0 Å². The Kier molecular flexibility index (Phi) is 8.51. The lowest BCUT2D eigenvalue weighted by Crippen LogP contribution is -2.00. The van der Waals surface area contributed by atoms with Gasteiger partial charge in [-0.15, -0.1) is 4.33 Å². The molecule has 0 aliphatic rings. The van der Waals surface area contributed by atoms with Crippen molar-refractivity contribution in [1.29, 1.82) is 0 Å². The SMILES string of the molecule is O=C(CCCCSOOO)OO. The minimum absolute atomic E-state index is 0.164. The molecule has 0 heterocycles. The number of rotatable bonds is 7. The average molecular weight is 198 g/mol. The highest BCUT2D eigenvalue weighted by Gasteiger charge is 2.00. The van der Waals surface area contributed by atoms with E-state index in [1.54, 1.807) is 0 Å². The Morgan fingerprint density at radius 2 is 2.08 bits per heavy atom. The molecule has 0 rings (SSSR count). The summed E-state index contributed by atoms with van der Waals surface area (Å²) < 4.78 is 4.07. The summed E-state index contributed by atoms with van der Waals surface area (Å²) in [6.07, 6.45) is 1.45.